The van der Waals surface area contributed by atoms with E-state index in [1.807, 2.05) is 22.7 Å². The van der Waals surface area contributed by atoms with Gasteiger partial charge in [0.25, 0.3) is 0 Å². The van der Waals surface area contributed by atoms with Crippen LogP contribution in [0, 0.1) is 0 Å². The van der Waals surface area contributed by atoms with Crippen molar-refractivity contribution in [3.63, 3.8) is 0 Å². The maximum Gasteiger partial charge on any atom is 0.160 e. The minimum absolute atomic E-state index is 0.0678. The lowest BCUT2D eigenvalue weighted by atomic mass is 10.0. The van der Waals surface area contributed by atoms with Crippen molar-refractivity contribution in [1.82, 2.24) is 14.6 Å². The van der Waals surface area contributed by atoms with Gasteiger partial charge in [-0.1, -0.05) is 6.07 Å². The van der Waals surface area contributed by atoms with Gasteiger partial charge in [-0.2, -0.15) is 0 Å². The molecule has 7 heteroatoms. The summed E-state index contributed by atoms with van der Waals surface area (Å²) in [5.41, 5.74) is 7.34. The SMILES string of the molecule is NCc1ccc2nnc(C3CCCS(=O)(=O)C3)n2c1. The number of hydrogen-bond acceptors (Lipinski definition) is 5. The summed E-state index contributed by atoms with van der Waals surface area (Å²) in [5, 5.41) is 8.26. The van der Waals surface area contributed by atoms with Crippen LogP contribution >= 0.6 is 0 Å². The first kappa shape index (κ1) is 12.6. The van der Waals surface area contributed by atoms with Crippen LogP contribution in [0.25, 0.3) is 5.65 Å². The van der Waals surface area contributed by atoms with Crippen LogP contribution in [-0.4, -0.2) is 34.5 Å². The van der Waals surface area contributed by atoms with E-state index < -0.39 is 9.84 Å². The van der Waals surface area contributed by atoms with Crippen LogP contribution in [0.4, 0.5) is 0 Å². The van der Waals surface area contributed by atoms with Gasteiger partial charge in [0.15, 0.2) is 15.5 Å². The van der Waals surface area contributed by atoms with Gasteiger partial charge in [-0.25, -0.2) is 8.42 Å². The van der Waals surface area contributed by atoms with Crippen molar-refractivity contribution in [2.45, 2.75) is 25.3 Å². The van der Waals surface area contributed by atoms with Gasteiger partial charge in [-0.05, 0) is 24.5 Å². The topological polar surface area (TPSA) is 90.3 Å². The van der Waals surface area contributed by atoms with E-state index in [2.05, 4.69) is 10.2 Å². The van der Waals surface area contributed by atoms with Crippen molar-refractivity contribution in [2.24, 2.45) is 5.73 Å². The highest BCUT2D eigenvalue weighted by Crippen LogP contribution is 2.27. The fourth-order valence-corrected chi connectivity index (χ4v) is 4.28. The molecule has 102 valence electrons. The molecule has 6 nitrogen and oxygen atoms in total. The molecular weight excluding hydrogens is 264 g/mol. The van der Waals surface area contributed by atoms with Crippen molar-refractivity contribution in [3.8, 4) is 0 Å². The molecule has 2 N–H and O–H groups in total. The molecular formula is C12H16N4O2S. The highest BCUT2D eigenvalue weighted by atomic mass is 32.2. The first-order valence-electron chi connectivity index (χ1n) is 6.33. The molecule has 3 rings (SSSR count). The Hall–Kier alpha value is -1.47. The van der Waals surface area contributed by atoms with E-state index in [-0.39, 0.29) is 17.4 Å². The average molecular weight is 280 g/mol. The van der Waals surface area contributed by atoms with Gasteiger partial charge in [0, 0.05) is 18.7 Å². The van der Waals surface area contributed by atoms with Crippen LogP contribution in [0.15, 0.2) is 18.3 Å². The molecule has 0 saturated carbocycles. The minimum atomic E-state index is -2.95. The Morgan fingerprint density at radius 3 is 2.95 bits per heavy atom. The second-order valence-corrected chi connectivity index (χ2v) is 7.21. The molecule has 1 aliphatic heterocycles. The lowest BCUT2D eigenvalue weighted by molar-refractivity contribution is 0.541. The molecule has 1 atom stereocenters. The fourth-order valence-electron chi connectivity index (χ4n) is 2.58. The average Bonchev–Trinajstić information content (AvgIpc) is 2.80. The third-order valence-electron chi connectivity index (χ3n) is 3.55. The second-order valence-electron chi connectivity index (χ2n) is 4.98. The molecule has 1 fully saturated rings. The van der Waals surface area contributed by atoms with E-state index in [9.17, 15) is 8.42 Å². The highest BCUT2D eigenvalue weighted by Gasteiger charge is 2.29. The lowest BCUT2D eigenvalue weighted by Gasteiger charge is -2.20. The quantitative estimate of drug-likeness (QED) is 0.864. The summed E-state index contributed by atoms with van der Waals surface area (Å²) in [6, 6.07) is 3.77. The number of aromatic nitrogens is 3. The largest absolute Gasteiger partial charge is 0.326 e. The Bertz CT molecular complexity index is 708. The van der Waals surface area contributed by atoms with Crippen molar-refractivity contribution in [3.05, 3.63) is 29.7 Å². The Kier molecular flexibility index (Phi) is 3.02. The van der Waals surface area contributed by atoms with Crippen molar-refractivity contribution in [1.29, 1.82) is 0 Å². The van der Waals surface area contributed by atoms with E-state index in [1.165, 1.54) is 0 Å². The van der Waals surface area contributed by atoms with Crippen molar-refractivity contribution < 1.29 is 8.42 Å². The van der Waals surface area contributed by atoms with E-state index in [1.54, 1.807) is 0 Å². The van der Waals surface area contributed by atoms with Crippen LogP contribution in [0.1, 0.15) is 30.1 Å². The number of nitrogens with two attached hydrogens (primary N) is 1. The molecule has 0 aromatic carbocycles. The van der Waals surface area contributed by atoms with Gasteiger partial charge in [-0.15, -0.1) is 10.2 Å². The number of sulfone groups is 1. The van der Waals surface area contributed by atoms with Gasteiger partial charge in [-0.3, -0.25) is 4.40 Å². The molecule has 0 radical (unpaired) electrons. The Morgan fingerprint density at radius 1 is 1.37 bits per heavy atom. The van der Waals surface area contributed by atoms with Crippen LogP contribution in [-0.2, 0) is 16.4 Å². The van der Waals surface area contributed by atoms with Gasteiger partial charge in [0.05, 0.1) is 11.5 Å². The molecule has 3 heterocycles. The Morgan fingerprint density at radius 2 is 2.21 bits per heavy atom. The number of fused-ring (bicyclic) bond motifs is 1. The summed E-state index contributed by atoms with van der Waals surface area (Å²) >= 11 is 0. The molecule has 0 bridgehead atoms. The highest BCUT2D eigenvalue weighted by molar-refractivity contribution is 7.91. The monoisotopic (exact) mass is 280 g/mol. The number of nitrogens with zero attached hydrogens (tertiary/aromatic N) is 3. The molecule has 1 unspecified atom stereocenters. The Balaban J connectivity index is 2.04. The molecule has 2 aromatic rings. The van der Waals surface area contributed by atoms with Gasteiger partial charge in [0.2, 0.25) is 0 Å². The maximum absolute atomic E-state index is 11.7. The minimum Gasteiger partial charge on any atom is -0.326 e. The van der Waals surface area contributed by atoms with Gasteiger partial charge in [0.1, 0.15) is 5.82 Å². The third kappa shape index (κ3) is 2.35. The van der Waals surface area contributed by atoms with Gasteiger partial charge < -0.3 is 5.73 Å². The molecule has 0 aliphatic carbocycles. The van der Waals surface area contributed by atoms with Crippen LogP contribution in [0.5, 0.6) is 0 Å². The first-order valence-corrected chi connectivity index (χ1v) is 8.15. The zero-order valence-corrected chi connectivity index (χ0v) is 11.3. The predicted octanol–water partition coefficient (Wildman–Crippen LogP) is 0.480. The normalized spacial score (nSPS) is 22.7. The summed E-state index contributed by atoms with van der Waals surface area (Å²) in [4.78, 5) is 0. The Labute approximate surface area is 111 Å². The number of pyridine rings is 1. The molecule has 0 amide bonds. The number of rotatable bonds is 2. The van der Waals surface area contributed by atoms with E-state index in [0.29, 0.717) is 13.0 Å². The molecule has 2 aromatic heterocycles. The van der Waals surface area contributed by atoms with Crippen molar-refractivity contribution >= 4 is 15.5 Å². The standard InChI is InChI=1S/C12H16N4O2S/c13-6-9-3-4-11-14-15-12(16(11)7-9)10-2-1-5-19(17,18)8-10/h3-4,7,10H,1-2,5-6,8,13H2. The van der Waals surface area contributed by atoms with Crippen molar-refractivity contribution in [2.75, 3.05) is 11.5 Å². The van der Waals surface area contributed by atoms with Crippen LogP contribution in [0.2, 0.25) is 0 Å². The zero-order chi connectivity index (χ0) is 13.5. The van der Waals surface area contributed by atoms with E-state index in [0.717, 1.165) is 23.5 Å². The molecule has 1 aliphatic rings. The molecule has 0 spiro atoms. The zero-order valence-electron chi connectivity index (χ0n) is 10.5. The van der Waals surface area contributed by atoms with Gasteiger partial charge >= 0.3 is 0 Å². The van der Waals surface area contributed by atoms with E-state index in [4.69, 9.17) is 5.73 Å². The fraction of sp³-hybridized carbons (Fsp3) is 0.500. The summed E-state index contributed by atoms with van der Waals surface area (Å²) < 4.78 is 25.3. The maximum atomic E-state index is 11.7. The van der Waals surface area contributed by atoms with Crippen LogP contribution in [0.3, 0.4) is 0 Å². The third-order valence-corrected chi connectivity index (χ3v) is 5.37. The van der Waals surface area contributed by atoms with Crippen LogP contribution < -0.4 is 5.73 Å². The summed E-state index contributed by atoms with van der Waals surface area (Å²) in [6.07, 6.45) is 3.43. The first-order chi connectivity index (χ1) is 9.09. The molecule has 1 saturated heterocycles. The van der Waals surface area contributed by atoms with E-state index >= 15 is 0 Å². The summed E-state index contributed by atoms with van der Waals surface area (Å²) in [7, 11) is -2.95. The molecule has 19 heavy (non-hydrogen) atoms. The summed E-state index contributed by atoms with van der Waals surface area (Å²) in [6.45, 7) is 0.441. The number of hydrogen-bond donors (Lipinski definition) is 1. The lowest BCUT2D eigenvalue weighted by Crippen LogP contribution is -2.25. The predicted molar refractivity (Wildman–Crippen MR) is 71.5 cm³/mol. The second kappa shape index (κ2) is 4.57. The smallest absolute Gasteiger partial charge is 0.160 e. The summed E-state index contributed by atoms with van der Waals surface area (Å²) in [5.74, 6) is 1.12.